The highest BCUT2D eigenvalue weighted by Crippen LogP contribution is 2.50. The Morgan fingerprint density at radius 2 is 0.794 bits per heavy atom. The van der Waals surface area contributed by atoms with Gasteiger partial charge >= 0.3 is 0 Å². The van der Waals surface area contributed by atoms with Crippen molar-refractivity contribution in [3.8, 4) is 12.1 Å². The molecule has 3 nitrogen and oxygen atoms in total. The molecule has 158 valence electrons. The van der Waals surface area contributed by atoms with Crippen LogP contribution in [0.4, 0.5) is 0 Å². The minimum atomic E-state index is -0.192. The number of benzene rings is 4. The number of Topliss-reactive ketones (excluding diaryl/α,β-unsaturated/α-hetero) is 1. The zero-order valence-electron chi connectivity index (χ0n) is 18.2. The summed E-state index contributed by atoms with van der Waals surface area (Å²) >= 11 is 0. The average molecular weight is 434 g/mol. The van der Waals surface area contributed by atoms with Crippen LogP contribution in [-0.2, 0) is 4.79 Å². The van der Waals surface area contributed by atoms with Gasteiger partial charge in [-0.25, -0.2) is 0 Å². The number of rotatable bonds is 4. The summed E-state index contributed by atoms with van der Waals surface area (Å²) in [6.45, 7) is 0. The lowest BCUT2D eigenvalue weighted by atomic mass is 9.88. The Labute approximate surface area is 198 Å². The molecule has 1 aliphatic carbocycles. The number of nitriles is 2. The molecule has 0 saturated carbocycles. The van der Waals surface area contributed by atoms with E-state index in [-0.39, 0.29) is 5.78 Å². The zero-order valence-corrected chi connectivity index (χ0v) is 18.2. The molecule has 34 heavy (non-hydrogen) atoms. The predicted molar refractivity (Wildman–Crippen MR) is 134 cm³/mol. The van der Waals surface area contributed by atoms with Crippen LogP contribution in [0.3, 0.4) is 0 Å². The van der Waals surface area contributed by atoms with E-state index in [1.807, 2.05) is 84.9 Å². The van der Waals surface area contributed by atoms with Crippen molar-refractivity contribution in [2.45, 2.75) is 0 Å². The third-order valence-corrected chi connectivity index (χ3v) is 5.96. The minimum Gasteiger partial charge on any atom is -0.289 e. The topological polar surface area (TPSA) is 64.7 Å². The van der Waals surface area contributed by atoms with Crippen LogP contribution in [0, 0.1) is 22.7 Å². The number of nitrogens with zero attached hydrogens (tertiary/aromatic N) is 2. The lowest BCUT2D eigenvalue weighted by Crippen LogP contribution is -2.04. The normalized spacial score (nSPS) is 13.1. The summed E-state index contributed by atoms with van der Waals surface area (Å²) in [7, 11) is 0. The number of ketones is 1. The van der Waals surface area contributed by atoms with E-state index in [9.17, 15) is 15.3 Å². The van der Waals surface area contributed by atoms with E-state index >= 15 is 0 Å². The molecular formula is C31H18N2O. The summed E-state index contributed by atoms with van der Waals surface area (Å²) in [6.07, 6.45) is 0. The molecule has 0 aromatic heterocycles. The molecule has 5 rings (SSSR count). The second-order valence-corrected chi connectivity index (χ2v) is 7.88. The molecule has 0 heterocycles. The monoisotopic (exact) mass is 434 g/mol. The molecular weight excluding hydrogens is 416 g/mol. The Balaban J connectivity index is 1.94. The molecule has 0 radical (unpaired) electrons. The van der Waals surface area contributed by atoms with Gasteiger partial charge in [0.15, 0.2) is 5.78 Å². The highest BCUT2D eigenvalue weighted by atomic mass is 16.1. The zero-order chi connectivity index (χ0) is 23.5. The van der Waals surface area contributed by atoms with Crippen LogP contribution in [0.2, 0.25) is 0 Å². The molecule has 0 fully saturated rings. The lowest BCUT2D eigenvalue weighted by molar-refractivity contribution is -0.108. The Bertz CT molecular complexity index is 1440. The van der Waals surface area contributed by atoms with Crippen molar-refractivity contribution < 1.29 is 4.79 Å². The maximum absolute atomic E-state index is 14.3. The smallest absolute Gasteiger partial charge is 0.195 e. The standard InChI is InChI=1S/C31H18N2O/c32-19-23-15-7-9-17-25(23)29-27(21-11-3-1-4-12-21)28(22-13-5-2-6-14-22)30(31(29)34)26-18-10-8-16-24(26)20-33/h1-18H. The first-order chi connectivity index (χ1) is 16.7. The molecule has 0 unspecified atom stereocenters. The van der Waals surface area contributed by atoms with Gasteiger partial charge in [0.25, 0.3) is 0 Å². The second-order valence-electron chi connectivity index (χ2n) is 7.88. The first-order valence-corrected chi connectivity index (χ1v) is 10.9. The summed E-state index contributed by atoms with van der Waals surface area (Å²) in [5.74, 6) is -0.192. The number of hydrogen-bond acceptors (Lipinski definition) is 3. The second kappa shape index (κ2) is 8.87. The van der Waals surface area contributed by atoms with Crippen molar-refractivity contribution in [2.24, 2.45) is 0 Å². The summed E-state index contributed by atoms with van der Waals surface area (Å²) in [5.41, 5.74) is 6.28. The van der Waals surface area contributed by atoms with Gasteiger partial charge in [-0.1, -0.05) is 97.1 Å². The van der Waals surface area contributed by atoms with E-state index in [0.717, 1.165) is 22.3 Å². The van der Waals surface area contributed by atoms with E-state index in [4.69, 9.17) is 0 Å². The molecule has 4 aromatic rings. The summed E-state index contributed by atoms with van der Waals surface area (Å²) in [5, 5.41) is 19.7. The lowest BCUT2D eigenvalue weighted by Gasteiger charge is -2.14. The van der Waals surface area contributed by atoms with Crippen LogP contribution in [0.5, 0.6) is 0 Å². The maximum atomic E-state index is 14.3. The van der Waals surface area contributed by atoms with E-state index in [2.05, 4.69) is 12.1 Å². The highest BCUT2D eigenvalue weighted by molar-refractivity contribution is 6.59. The first-order valence-electron chi connectivity index (χ1n) is 10.9. The summed E-state index contributed by atoms with van der Waals surface area (Å²) < 4.78 is 0. The molecule has 0 amide bonds. The van der Waals surface area contributed by atoms with Crippen molar-refractivity contribution >= 4 is 28.1 Å². The van der Waals surface area contributed by atoms with Crippen LogP contribution in [0.25, 0.3) is 22.3 Å². The van der Waals surface area contributed by atoms with Crippen molar-refractivity contribution in [3.05, 3.63) is 143 Å². The Morgan fingerprint density at radius 1 is 0.441 bits per heavy atom. The van der Waals surface area contributed by atoms with Gasteiger partial charge in [0.05, 0.1) is 23.3 Å². The van der Waals surface area contributed by atoms with E-state index in [1.165, 1.54) is 0 Å². The van der Waals surface area contributed by atoms with Gasteiger partial charge in [0, 0.05) is 33.4 Å². The fraction of sp³-hybridized carbons (Fsp3) is 0. The van der Waals surface area contributed by atoms with E-state index < -0.39 is 0 Å². The van der Waals surface area contributed by atoms with Gasteiger partial charge in [-0.2, -0.15) is 10.5 Å². The predicted octanol–water partition coefficient (Wildman–Crippen LogP) is 6.53. The Kier molecular flexibility index (Phi) is 5.45. The largest absolute Gasteiger partial charge is 0.289 e. The third-order valence-electron chi connectivity index (χ3n) is 5.96. The molecule has 0 bridgehead atoms. The van der Waals surface area contributed by atoms with Crippen LogP contribution in [0.1, 0.15) is 33.4 Å². The fourth-order valence-electron chi connectivity index (χ4n) is 4.50. The Hall–Kier alpha value is -4.99. The van der Waals surface area contributed by atoms with Crippen LogP contribution < -0.4 is 0 Å². The summed E-state index contributed by atoms with van der Waals surface area (Å²) in [6, 6.07) is 38.3. The van der Waals surface area contributed by atoms with Gasteiger partial charge in [0.2, 0.25) is 0 Å². The average Bonchev–Trinajstić information content (AvgIpc) is 3.22. The molecule has 4 aromatic carbocycles. The molecule has 0 spiro atoms. The van der Waals surface area contributed by atoms with E-state index in [1.54, 1.807) is 24.3 Å². The third kappa shape index (κ3) is 3.43. The van der Waals surface area contributed by atoms with Crippen LogP contribution in [-0.4, -0.2) is 5.78 Å². The van der Waals surface area contributed by atoms with Crippen molar-refractivity contribution in [2.75, 3.05) is 0 Å². The van der Waals surface area contributed by atoms with Gasteiger partial charge in [-0.15, -0.1) is 0 Å². The molecule has 0 N–H and O–H groups in total. The molecule has 3 heteroatoms. The van der Waals surface area contributed by atoms with Crippen molar-refractivity contribution in [1.29, 1.82) is 10.5 Å². The number of hydrogen-bond donors (Lipinski definition) is 0. The first kappa shape index (κ1) is 20.9. The SMILES string of the molecule is N#Cc1ccccc1C1=C(c2ccccc2)C(c2ccccc2)=C(c2ccccc2C#N)C1=O. The molecule has 0 atom stereocenters. The number of carbonyl (C=O) groups is 1. The quantitative estimate of drug-likeness (QED) is 0.367. The van der Waals surface area contributed by atoms with Gasteiger partial charge in [0.1, 0.15) is 0 Å². The number of carbonyl (C=O) groups excluding carboxylic acids is 1. The summed E-state index contributed by atoms with van der Waals surface area (Å²) in [4.78, 5) is 14.3. The van der Waals surface area contributed by atoms with Gasteiger partial charge in [-0.3, -0.25) is 4.79 Å². The van der Waals surface area contributed by atoms with Crippen molar-refractivity contribution in [1.82, 2.24) is 0 Å². The fourth-order valence-corrected chi connectivity index (χ4v) is 4.50. The minimum absolute atomic E-state index is 0.192. The van der Waals surface area contributed by atoms with Gasteiger partial charge in [-0.05, 0) is 23.3 Å². The van der Waals surface area contributed by atoms with E-state index in [0.29, 0.717) is 33.4 Å². The maximum Gasteiger partial charge on any atom is 0.195 e. The number of allylic oxidation sites excluding steroid dienone is 4. The van der Waals surface area contributed by atoms with Crippen LogP contribution in [0.15, 0.2) is 109 Å². The molecule has 0 saturated heterocycles. The molecule has 0 aliphatic heterocycles. The highest BCUT2D eigenvalue weighted by Gasteiger charge is 2.36. The van der Waals surface area contributed by atoms with Crippen molar-refractivity contribution in [3.63, 3.8) is 0 Å². The van der Waals surface area contributed by atoms with Gasteiger partial charge < -0.3 is 0 Å². The molecule has 1 aliphatic rings. The Morgan fingerprint density at radius 3 is 1.18 bits per heavy atom. The van der Waals surface area contributed by atoms with Crippen LogP contribution >= 0.6 is 0 Å².